The highest BCUT2D eigenvalue weighted by Crippen LogP contribution is 2.29. The van der Waals surface area contributed by atoms with Gasteiger partial charge >= 0.3 is 0 Å². The Morgan fingerprint density at radius 1 is 0.970 bits per heavy atom. The van der Waals surface area contributed by atoms with Gasteiger partial charge in [-0.15, -0.1) is 5.10 Å². The maximum absolute atomic E-state index is 8.22. The van der Waals surface area contributed by atoms with Gasteiger partial charge in [0.25, 0.3) is 0 Å². The van der Waals surface area contributed by atoms with Gasteiger partial charge < -0.3 is 20.9 Å². The molecule has 33 heavy (non-hydrogen) atoms. The summed E-state index contributed by atoms with van der Waals surface area (Å²) >= 11 is 0. The molecule has 0 spiro atoms. The first kappa shape index (κ1) is 22.9. The van der Waals surface area contributed by atoms with E-state index in [1.165, 1.54) is 20.3 Å². The highest BCUT2D eigenvalue weighted by Gasteiger charge is 2.18. The van der Waals surface area contributed by atoms with Gasteiger partial charge in [0.2, 0.25) is 11.8 Å². The maximum Gasteiger partial charge on any atom is 0.241 e. The Hall–Kier alpha value is -4.73. The van der Waals surface area contributed by atoms with Crippen LogP contribution >= 0.6 is 0 Å². The van der Waals surface area contributed by atoms with Crippen LogP contribution in [0.4, 0.5) is 5.82 Å². The number of H-pyrrole nitrogens is 1. The Morgan fingerprint density at radius 2 is 1.58 bits per heavy atom. The fourth-order valence-corrected chi connectivity index (χ4v) is 2.84. The van der Waals surface area contributed by atoms with E-state index in [-0.39, 0.29) is 34.9 Å². The van der Waals surface area contributed by atoms with Crippen LogP contribution in [0.1, 0.15) is 16.7 Å². The van der Waals surface area contributed by atoms with Crippen molar-refractivity contribution >= 4 is 35.3 Å². The summed E-state index contributed by atoms with van der Waals surface area (Å²) in [5.74, 6) is 0.347. The van der Waals surface area contributed by atoms with Gasteiger partial charge in [0.05, 0.1) is 25.4 Å². The topological polar surface area (TPSA) is 172 Å². The third-order valence-electron chi connectivity index (χ3n) is 4.54. The highest BCUT2D eigenvalue weighted by molar-refractivity contribution is 6.25. The number of rotatable bonds is 7. The standard InChI is InChI=1S/C23H24N8O2/c1-32-21(27)16(20(26)28-18(24)14-9-5-3-6-10-14)13-17-22(30-31-23(17)33-2)29-19(25)15-11-7-4-8-12-15/h3-13,27H,1-2H3,(H3,24,26,28)(H3,25,29,30,31)/b16-13+,27-21?. The number of methoxy groups -OCH3 is 2. The molecule has 0 unspecified atom stereocenters. The zero-order valence-corrected chi connectivity index (χ0v) is 18.2. The van der Waals surface area contributed by atoms with Crippen LogP contribution in [0.2, 0.25) is 0 Å². The molecule has 0 aliphatic rings. The van der Waals surface area contributed by atoms with Gasteiger partial charge in [-0.2, -0.15) is 0 Å². The molecule has 1 aromatic heterocycles. The molecule has 10 heteroatoms. The average molecular weight is 444 g/mol. The third kappa shape index (κ3) is 5.50. The Morgan fingerprint density at radius 3 is 2.15 bits per heavy atom. The summed E-state index contributed by atoms with van der Waals surface area (Å²) in [5, 5.41) is 23.3. The molecule has 0 saturated carbocycles. The molecule has 0 saturated heterocycles. The summed E-state index contributed by atoms with van der Waals surface area (Å²) in [4.78, 5) is 8.57. The lowest BCUT2D eigenvalue weighted by Crippen LogP contribution is -2.23. The number of aromatic nitrogens is 2. The number of hydrogen-bond acceptors (Lipinski definition) is 6. The first-order chi connectivity index (χ1) is 15.9. The SMILES string of the molecule is COC(=N)/C(=C/c1c(OC)n[nH]c1/N=C(\N)c1ccccc1)C(N)=NC(=N)c1ccccc1. The number of hydrogen-bond donors (Lipinski definition) is 5. The highest BCUT2D eigenvalue weighted by atomic mass is 16.5. The van der Waals surface area contributed by atoms with E-state index in [0.29, 0.717) is 16.9 Å². The number of nitrogens with zero attached hydrogens (tertiary/aromatic N) is 3. The maximum atomic E-state index is 8.22. The second-order valence-corrected chi connectivity index (χ2v) is 6.66. The van der Waals surface area contributed by atoms with Crippen LogP contribution in [0, 0.1) is 10.8 Å². The van der Waals surface area contributed by atoms with Crippen LogP contribution in [0.25, 0.3) is 6.08 Å². The number of aliphatic imine (C=N–C) groups is 2. The van der Waals surface area contributed by atoms with E-state index >= 15 is 0 Å². The van der Waals surface area contributed by atoms with E-state index in [1.54, 1.807) is 24.3 Å². The summed E-state index contributed by atoms with van der Waals surface area (Å²) in [6.45, 7) is 0. The predicted octanol–water partition coefficient (Wildman–Crippen LogP) is 2.85. The van der Waals surface area contributed by atoms with Crippen LogP contribution in [-0.4, -0.2) is 47.8 Å². The predicted molar refractivity (Wildman–Crippen MR) is 130 cm³/mol. The molecular weight excluding hydrogens is 420 g/mol. The van der Waals surface area contributed by atoms with E-state index in [9.17, 15) is 0 Å². The van der Waals surface area contributed by atoms with Crippen molar-refractivity contribution in [3.8, 4) is 5.88 Å². The fourth-order valence-electron chi connectivity index (χ4n) is 2.84. The molecular formula is C23H24N8O2. The second-order valence-electron chi connectivity index (χ2n) is 6.66. The molecule has 3 rings (SSSR count). The summed E-state index contributed by atoms with van der Waals surface area (Å²) in [6, 6.07) is 18.1. The monoisotopic (exact) mass is 444 g/mol. The lowest BCUT2D eigenvalue weighted by molar-refractivity contribution is 0.396. The molecule has 0 bridgehead atoms. The van der Waals surface area contributed by atoms with Gasteiger partial charge in [0.15, 0.2) is 11.7 Å². The zero-order valence-electron chi connectivity index (χ0n) is 18.2. The quantitative estimate of drug-likeness (QED) is 0.278. The number of amidine groups is 3. The van der Waals surface area contributed by atoms with Gasteiger partial charge in [-0.05, 0) is 6.08 Å². The Kier molecular flexibility index (Phi) is 7.32. The molecule has 0 radical (unpaired) electrons. The van der Waals surface area contributed by atoms with Gasteiger partial charge in [-0.25, -0.2) is 9.98 Å². The van der Waals surface area contributed by atoms with E-state index in [1.807, 2.05) is 36.4 Å². The number of nitrogens with two attached hydrogens (primary N) is 2. The minimum Gasteiger partial charge on any atom is -0.481 e. The zero-order chi connectivity index (χ0) is 23.8. The normalized spacial score (nSPS) is 12.4. The number of ether oxygens (including phenoxy) is 2. The van der Waals surface area contributed by atoms with Crippen molar-refractivity contribution in [1.82, 2.24) is 10.2 Å². The molecule has 10 nitrogen and oxygen atoms in total. The Balaban J connectivity index is 2.06. The summed E-state index contributed by atoms with van der Waals surface area (Å²) in [5.41, 5.74) is 14.1. The molecule has 0 aliphatic heterocycles. The fraction of sp³-hybridized carbons (Fsp3) is 0.0870. The lowest BCUT2D eigenvalue weighted by Gasteiger charge is -2.09. The molecule has 3 aromatic rings. The van der Waals surface area contributed by atoms with Gasteiger partial charge in [0.1, 0.15) is 11.7 Å². The molecule has 168 valence electrons. The van der Waals surface area contributed by atoms with Gasteiger partial charge in [0, 0.05) is 11.1 Å². The Labute approximate surface area is 190 Å². The number of aromatic amines is 1. The first-order valence-corrected chi connectivity index (χ1v) is 9.79. The summed E-state index contributed by atoms with van der Waals surface area (Å²) < 4.78 is 10.4. The number of benzene rings is 2. The van der Waals surface area contributed by atoms with Crippen molar-refractivity contribution in [3.63, 3.8) is 0 Å². The smallest absolute Gasteiger partial charge is 0.241 e. The van der Waals surface area contributed by atoms with Crippen molar-refractivity contribution < 1.29 is 9.47 Å². The largest absolute Gasteiger partial charge is 0.481 e. The van der Waals surface area contributed by atoms with Crippen LogP contribution in [0.15, 0.2) is 76.2 Å². The molecule has 0 fully saturated rings. The second kappa shape index (κ2) is 10.5. The minimum atomic E-state index is -0.258. The van der Waals surface area contributed by atoms with E-state index < -0.39 is 0 Å². The molecule has 0 aliphatic carbocycles. The van der Waals surface area contributed by atoms with Crippen LogP contribution in [-0.2, 0) is 4.74 Å². The Bertz CT molecular complexity index is 1230. The van der Waals surface area contributed by atoms with Gasteiger partial charge in [-0.3, -0.25) is 15.9 Å². The first-order valence-electron chi connectivity index (χ1n) is 9.79. The van der Waals surface area contributed by atoms with Crippen LogP contribution < -0.4 is 16.2 Å². The van der Waals surface area contributed by atoms with Crippen LogP contribution in [0.5, 0.6) is 5.88 Å². The molecule has 2 aromatic carbocycles. The minimum absolute atomic E-state index is 0.0615. The molecule has 7 N–H and O–H groups in total. The van der Waals surface area contributed by atoms with E-state index in [2.05, 4.69) is 20.2 Å². The van der Waals surface area contributed by atoms with E-state index in [4.69, 9.17) is 31.8 Å². The van der Waals surface area contributed by atoms with Gasteiger partial charge in [-0.1, -0.05) is 60.7 Å². The third-order valence-corrected chi connectivity index (χ3v) is 4.54. The van der Waals surface area contributed by atoms with Crippen molar-refractivity contribution in [3.05, 3.63) is 82.9 Å². The van der Waals surface area contributed by atoms with Crippen molar-refractivity contribution in [2.75, 3.05) is 14.2 Å². The lowest BCUT2D eigenvalue weighted by atomic mass is 10.1. The van der Waals surface area contributed by atoms with Crippen molar-refractivity contribution in [2.45, 2.75) is 0 Å². The van der Waals surface area contributed by atoms with Crippen molar-refractivity contribution in [2.24, 2.45) is 21.5 Å². The average Bonchev–Trinajstić information content (AvgIpc) is 3.23. The number of nitrogens with one attached hydrogen (secondary N) is 3. The van der Waals surface area contributed by atoms with E-state index in [0.717, 1.165) is 5.56 Å². The van der Waals surface area contributed by atoms with Crippen LogP contribution in [0.3, 0.4) is 0 Å². The summed E-state index contributed by atoms with van der Waals surface area (Å²) in [6.07, 6.45) is 1.50. The summed E-state index contributed by atoms with van der Waals surface area (Å²) in [7, 11) is 2.79. The molecule has 1 heterocycles. The molecule has 0 atom stereocenters. The van der Waals surface area contributed by atoms with Crippen molar-refractivity contribution in [1.29, 1.82) is 10.8 Å². The molecule has 0 amide bonds.